The lowest BCUT2D eigenvalue weighted by Gasteiger charge is -2.45. The van der Waals surface area contributed by atoms with Gasteiger partial charge in [0.15, 0.2) is 0 Å². The maximum Gasteiger partial charge on any atom is 0.411 e. The fraction of sp³-hybridized carbons (Fsp3) is 0.345. The van der Waals surface area contributed by atoms with Crippen LogP contribution < -0.4 is 0 Å². The van der Waals surface area contributed by atoms with E-state index in [0.29, 0.717) is 30.6 Å². The molecule has 1 amide bonds. The first-order valence-corrected chi connectivity index (χ1v) is 11.9. The highest BCUT2D eigenvalue weighted by Gasteiger charge is 2.46. The van der Waals surface area contributed by atoms with E-state index in [4.69, 9.17) is 10.00 Å². The Balaban J connectivity index is 1.53. The van der Waals surface area contributed by atoms with Crippen molar-refractivity contribution in [2.45, 2.75) is 57.8 Å². The van der Waals surface area contributed by atoms with Gasteiger partial charge in [0.05, 0.1) is 28.6 Å². The molecule has 0 bridgehead atoms. The zero-order valence-corrected chi connectivity index (χ0v) is 20.7. The van der Waals surface area contributed by atoms with Crippen LogP contribution in [0.25, 0.3) is 11.3 Å². The molecule has 2 atom stereocenters. The smallest absolute Gasteiger partial charge is 0.411 e. The van der Waals surface area contributed by atoms with Gasteiger partial charge in [-0.3, -0.25) is 4.98 Å². The third-order valence-corrected chi connectivity index (χ3v) is 6.65. The Bertz CT molecular complexity index is 1240. The molecule has 0 aliphatic carbocycles. The summed E-state index contributed by atoms with van der Waals surface area (Å²) in [5.74, 6) is 0. The molecule has 35 heavy (non-hydrogen) atoms. The Kier molecular flexibility index (Phi) is 6.64. The van der Waals surface area contributed by atoms with Crippen molar-refractivity contribution in [2.75, 3.05) is 6.54 Å². The molecule has 1 unspecified atom stereocenters. The number of hydrogen-bond acceptors (Lipinski definition) is 5. The monoisotopic (exact) mass is 469 g/mol. The van der Waals surface area contributed by atoms with Gasteiger partial charge in [-0.1, -0.05) is 54.6 Å². The van der Waals surface area contributed by atoms with E-state index in [9.17, 15) is 9.90 Å². The molecule has 1 fully saturated rings. The molecule has 180 valence electrons. The predicted molar refractivity (Wildman–Crippen MR) is 134 cm³/mol. The van der Waals surface area contributed by atoms with E-state index in [-0.39, 0.29) is 12.1 Å². The lowest BCUT2D eigenvalue weighted by Crippen LogP contribution is -2.51. The number of ether oxygens (including phenoxy) is 1. The van der Waals surface area contributed by atoms with E-state index >= 15 is 0 Å². The van der Waals surface area contributed by atoms with Crippen LogP contribution in [0.4, 0.5) is 4.79 Å². The van der Waals surface area contributed by atoms with Crippen molar-refractivity contribution < 1.29 is 14.6 Å². The van der Waals surface area contributed by atoms with Gasteiger partial charge in [0.25, 0.3) is 0 Å². The molecule has 2 heterocycles. The van der Waals surface area contributed by atoms with Gasteiger partial charge >= 0.3 is 6.09 Å². The van der Waals surface area contributed by atoms with Crippen LogP contribution in [0.2, 0.25) is 0 Å². The van der Waals surface area contributed by atoms with Crippen LogP contribution in [0.15, 0.2) is 66.7 Å². The number of aryl methyl sites for hydroxylation is 1. The van der Waals surface area contributed by atoms with Crippen molar-refractivity contribution in [3.63, 3.8) is 0 Å². The van der Waals surface area contributed by atoms with Gasteiger partial charge in [0.1, 0.15) is 11.7 Å². The number of aliphatic hydroxyl groups is 1. The van der Waals surface area contributed by atoms with E-state index in [0.717, 1.165) is 22.4 Å². The lowest BCUT2D eigenvalue weighted by molar-refractivity contribution is -0.101. The Hall–Kier alpha value is -3.69. The van der Waals surface area contributed by atoms with Gasteiger partial charge in [-0.2, -0.15) is 5.26 Å². The number of carbonyl (C=O) groups excluding carboxylic acids is 1. The second-order valence-electron chi connectivity index (χ2n) is 9.90. The molecule has 6 nitrogen and oxygen atoms in total. The van der Waals surface area contributed by atoms with Gasteiger partial charge < -0.3 is 14.7 Å². The second-order valence-corrected chi connectivity index (χ2v) is 9.90. The molecule has 0 spiro atoms. The average Bonchev–Trinajstić information content (AvgIpc) is 2.83. The normalized spacial score (nSPS) is 19.1. The number of nitriles is 1. The minimum Gasteiger partial charge on any atom is -0.438 e. The summed E-state index contributed by atoms with van der Waals surface area (Å²) in [7, 11) is 0. The van der Waals surface area contributed by atoms with Gasteiger partial charge in [-0.25, -0.2) is 4.79 Å². The molecule has 4 rings (SSSR count). The number of aromatic nitrogens is 1. The summed E-state index contributed by atoms with van der Waals surface area (Å²) in [6, 6.07) is 23.2. The summed E-state index contributed by atoms with van der Waals surface area (Å²) in [6.45, 7) is 7.82. The largest absolute Gasteiger partial charge is 0.438 e. The van der Waals surface area contributed by atoms with E-state index in [1.807, 2.05) is 74.5 Å². The Labute approximate surface area is 206 Å². The van der Waals surface area contributed by atoms with Crippen LogP contribution in [-0.4, -0.2) is 33.2 Å². The number of amides is 1. The molecule has 1 N–H and O–H groups in total. The quantitative estimate of drug-likeness (QED) is 0.487. The van der Waals surface area contributed by atoms with Crippen LogP contribution in [-0.2, 0) is 10.3 Å². The summed E-state index contributed by atoms with van der Waals surface area (Å²) in [5.41, 5.74) is 3.06. The number of nitrogens with zero attached hydrogens (tertiary/aromatic N) is 3. The van der Waals surface area contributed by atoms with Crippen molar-refractivity contribution >= 4 is 6.09 Å². The first kappa shape index (κ1) is 24.4. The fourth-order valence-corrected chi connectivity index (χ4v) is 4.84. The maximum absolute atomic E-state index is 13.3. The molecular formula is C29H31N3O3. The molecule has 2 aromatic carbocycles. The third kappa shape index (κ3) is 5.21. The topological polar surface area (TPSA) is 86.5 Å². The molecule has 1 aliphatic heterocycles. The summed E-state index contributed by atoms with van der Waals surface area (Å²) in [4.78, 5) is 19.5. The lowest BCUT2D eigenvalue weighted by atomic mass is 9.80. The van der Waals surface area contributed by atoms with Gasteiger partial charge in [0, 0.05) is 24.9 Å². The zero-order chi connectivity index (χ0) is 25.2. The molecule has 1 saturated heterocycles. The number of rotatable bonds is 6. The molecule has 3 aromatic rings. The SMILES string of the molecule is Cc1nc(-c2ccc([C@H](C)N3CCC(CC(C)(C)O)(c4ccccc4)OC3=O)cc2)ccc1C#N. The fourth-order valence-electron chi connectivity index (χ4n) is 4.84. The number of benzene rings is 2. The highest BCUT2D eigenvalue weighted by Crippen LogP contribution is 2.42. The summed E-state index contributed by atoms with van der Waals surface area (Å²) >= 11 is 0. The van der Waals surface area contributed by atoms with Crippen molar-refractivity contribution in [3.05, 3.63) is 89.1 Å². The molecule has 1 aliphatic rings. The van der Waals surface area contributed by atoms with Crippen LogP contribution >= 0.6 is 0 Å². The summed E-state index contributed by atoms with van der Waals surface area (Å²) in [6.07, 6.45) is 0.526. The van der Waals surface area contributed by atoms with Crippen LogP contribution in [0.3, 0.4) is 0 Å². The Morgan fingerprint density at radius 2 is 1.83 bits per heavy atom. The zero-order valence-electron chi connectivity index (χ0n) is 20.7. The van der Waals surface area contributed by atoms with E-state index < -0.39 is 11.2 Å². The van der Waals surface area contributed by atoms with E-state index in [1.54, 1.807) is 24.8 Å². The van der Waals surface area contributed by atoms with E-state index in [1.165, 1.54) is 0 Å². The molecule has 0 saturated carbocycles. The average molecular weight is 470 g/mol. The van der Waals surface area contributed by atoms with Gasteiger partial charge in [-0.15, -0.1) is 0 Å². The standard InChI is InChI=1S/C29H31N3O3/c1-20-24(18-30)14-15-26(31-20)23-12-10-22(11-13-23)21(2)32-17-16-29(35-27(32)33,19-28(3,4)34)25-8-6-5-7-9-25/h5-15,21,34H,16-17,19H2,1-4H3/t21-,29?/m0/s1. The molecular weight excluding hydrogens is 438 g/mol. The number of hydrogen-bond donors (Lipinski definition) is 1. The first-order chi connectivity index (χ1) is 16.6. The number of carbonyl (C=O) groups is 1. The van der Waals surface area contributed by atoms with Crippen molar-refractivity contribution in [1.29, 1.82) is 5.26 Å². The molecule has 1 aromatic heterocycles. The van der Waals surface area contributed by atoms with Crippen molar-refractivity contribution in [2.24, 2.45) is 0 Å². The third-order valence-electron chi connectivity index (χ3n) is 6.65. The van der Waals surface area contributed by atoms with Crippen LogP contribution in [0.1, 0.15) is 62.0 Å². The van der Waals surface area contributed by atoms with E-state index in [2.05, 4.69) is 11.1 Å². The Morgan fingerprint density at radius 1 is 1.14 bits per heavy atom. The summed E-state index contributed by atoms with van der Waals surface area (Å²) in [5, 5.41) is 19.7. The van der Waals surface area contributed by atoms with Crippen LogP contribution in [0, 0.1) is 18.3 Å². The molecule has 0 radical (unpaired) electrons. The Morgan fingerprint density at radius 3 is 2.40 bits per heavy atom. The number of pyridine rings is 1. The maximum atomic E-state index is 13.3. The van der Waals surface area contributed by atoms with Crippen LogP contribution in [0.5, 0.6) is 0 Å². The first-order valence-electron chi connectivity index (χ1n) is 11.9. The van der Waals surface area contributed by atoms with Crippen molar-refractivity contribution in [3.8, 4) is 17.3 Å². The van der Waals surface area contributed by atoms with Gasteiger partial charge in [0.2, 0.25) is 0 Å². The van der Waals surface area contributed by atoms with Crippen molar-refractivity contribution in [1.82, 2.24) is 9.88 Å². The molecule has 6 heteroatoms. The minimum absolute atomic E-state index is 0.178. The highest BCUT2D eigenvalue weighted by molar-refractivity contribution is 5.70. The predicted octanol–water partition coefficient (Wildman–Crippen LogP) is 5.89. The number of cyclic esters (lactones) is 1. The second kappa shape index (κ2) is 9.52. The minimum atomic E-state index is -0.989. The summed E-state index contributed by atoms with van der Waals surface area (Å²) < 4.78 is 6.11. The highest BCUT2D eigenvalue weighted by atomic mass is 16.6. The van der Waals surface area contributed by atoms with Gasteiger partial charge in [-0.05, 0) is 51.0 Å².